The summed E-state index contributed by atoms with van der Waals surface area (Å²) in [7, 11) is 0. The Kier molecular flexibility index (Phi) is 5.01. The molecule has 0 unspecified atom stereocenters. The van der Waals surface area contributed by atoms with Crippen molar-refractivity contribution in [1.29, 1.82) is 0 Å². The minimum absolute atomic E-state index is 0.0244. The smallest absolute Gasteiger partial charge is 0.294 e. The normalized spacial score (nSPS) is 17.0. The number of rotatable bonds is 4. The Morgan fingerprint density at radius 3 is 2.38 bits per heavy atom. The summed E-state index contributed by atoms with van der Waals surface area (Å²) >= 11 is 0. The number of benzene rings is 1. The minimum atomic E-state index is -4.73. The van der Waals surface area contributed by atoms with Crippen molar-refractivity contribution in [1.82, 2.24) is 0 Å². The van der Waals surface area contributed by atoms with Crippen LogP contribution in [0.3, 0.4) is 0 Å². The van der Waals surface area contributed by atoms with Crippen molar-refractivity contribution in [2.24, 2.45) is 5.92 Å². The quantitative estimate of drug-likeness (QED) is 0.538. The lowest BCUT2D eigenvalue weighted by Crippen LogP contribution is -2.11. The van der Waals surface area contributed by atoms with Gasteiger partial charge in [-0.25, -0.2) is 4.39 Å². The van der Waals surface area contributed by atoms with Crippen LogP contribution in [0.2, 0.25) is 0 Å². The van der Waals surface area contributed by atoms with Gasteiger partial charge in [0.1, 0.15) is 5.82 Å². The van der Waals surface area contributed by atoms with E-state index in [-0.39, 0.29) is 17.8 Å². The molecule has 21 heavy (non-hydrogen) atoms. The summed E-state index contributed by atoms with van der Waals surface area (Å²) in [6.07, 6.45) is 2.07. The molecule has 1 aromatic carbocycles. The molecule has 0 saturated heterocycles. The summed E-state index contributed by atoms with van der Waals surface area (Å²) < 4.78 is 50.8. The summed E-state index contributed by atoms with van der Waals surface area (Å²) in [4.78, 5) is 12.0. The third kappa shape index (κ3) is 4.29. The van der Waals surface area contributed by atoms with Gasteiger partial charge >= 0.3 is 6.18 Å². The van der Waals surface area contributed by atoms with Crippen molar-refractivity contribution in [3.8, 4) is 0 Å². The fraction of sp³-hybridized carbons (Fsp3) is 0.562. The lowest BCUT2D eigenvalue weighted by molar-refractivity contribution is -0.140. The van der Waals surface area contributed by atoms with Crippen molar-refractivity contribution >= 4 is 5.78 Å². The maximum atomic E-state index is 13.4. The third-order valence-electron chi connectivity index (χ3n) is 4.10. The van der Waals surface area contributed by atoms with Gasteiger partial charge in [0.2, 0.25) is 0 Å². The summed E-state index contributed by atoms with van der Waals surface area (Å²) in [5.41, 5.74) is -1.30. The Morgan fingerprint density at radius 2 is 1.81 bits per heavy atom. The van der Waals surface area contributed by atoms with Gasteiger partial charge in [0.15, 0.2) is 5.78 Å². The lowest BCUT2D eigenvalue weighted by atomic mass is 9.85. The van der Waals surface area contributed by atoms with Gasteiger partial charge in [-0.1, -0.05) is 38.2 Å². The summed E-state index contributed by atoms with van der Waals surface area (Å²) in [5.74, 6) is -1.15. The molecule has 1 saturated carbocycles. The Hall–Kier alpha value is -1.39. The molecule has 0 atom stereocenters. The van der Waals surface area contributed by atoms with E-state index in [1.165, 1.54) is 19.3 Å². The van der Waals surface area contributed by atoms with Crippen LogP contribution in [0.5, 0.6) is 0 Å². The van der Waals surface area contributed by atoms with Gasteiger partial charge in [0.05, 0.1) is 5.56 Å². The molecular weight excluding hydrogens is 284 g/mol. The number of carbonyl (C=O) groups excluding carboxylic acids is 1. The number of halogens is 4. The van der Waals surface area contributed by atoms with E-state index in [2.05, 4.69) is 0 Å². The zero-order chi connectivity index (χ0) is 15.5. The van der Waals surface area contributed by atoms with E-state index in [9.17, 15) is 22.4 Å². The molecule has 1 nitrogen and oxygen atoms in total. The number of carbonyl (C=O) groups is 1. The molecular formula is C16H18F4O. The van der Waals surface area contributed by atoms with Crippen LogP contribution < -0.4 is 0 Å². The maximum Gasteiger partial charge on any atom is 0.419 e. The molecule has 2 rings (SSSR count). The highest BCUT2D eigenvalue weighted by atomic mass is 19.4. The van der Waals surface area contributed by atoms with E-state index in [0.717, 1.165) is 25.3 Å². The zero-order valence-electron chi connectivity index (χ0n) is 11.7. The molecule has 0 aliphatic heterocycles. The average molecular weight is 302 g/mol. The Labute approximate surface area is 121 Å². The minimum Gasteiger partial charge on any atom is -0.294 e. The van der Waals surface area contributed by atoms with E-state index in [1.807, 2.05) is 0 Å². The third-order valence-corrected chi connectivity index (χ3v) is 4.10. The second kappa shape index (κ2) is 6.58. The van der Waals surface area contributed by atoms with Crippen LogP contribution in [0.4, 0.5) is 17.6 Å². The van der Waals surface area contributed by atoms with Gasteiger partial charge in [0.25, 0.3) is 0 Å². The van der Waals surface area contributed by atoms with Gasteiger partial charge in [-0.15, -0.1) is 0 Å². The van der Waals surface area contributed by atoms with E-state index in [4.69, 9.17) is 0 Å². The number of hydrogen-bond acceptors (Lipinski definition) is 1. The fourth-order valence-electron chi connectivity index (χ4n) is 2.87. The second-order valence-electron chi connectivity index (χ2n) is 5.66. The highest BCUT2D eigenvalue weighted by molar-refractivity contribution is 5.96. The Balaban J connectivity index is 1.97. The van der Waals surface area contributed by atoms with E-state index < -0.39 is 17.6 Å². The van der Waals surface area contributed by atoms with Crippen molar-refractivity contribution in [3.63, 3.8) is 0 Å². The highest BCUT2D eigenvalue weighted by Crippen LogP contribution is 2.32. The van der Waals surface area contributed by atoms with Gasteiger partial charge < -0.3 is 0 Å². The van der Waals surface area contributed by atoms with Gasteiger partial charge in [-0.3, -0.25) is 4.79 Å². The summed E-state index contributed by atoms with van der Waals surface area (Å²) in [6, 6.07) is 2.41. The first-order chi connectivity index (χ1) is 9.88. The summed E-state index contributed by atoms with van der Waals surface area (Å²) in [5, 5.41) is 0. The predicted octanol–water partition coefficient (Wildman–Crippen LogP) is 5.39. The first-order valence-corrected chi connectivity index (χ1v) is 7.28. The number of alkyl halides is 3. The van der Waals surface area contributed by atoms with E-state index in [0.29, 0.717) is 18.1 Å². The largest absolute Gasteiger partial charge is 0.419 e. The molecule has 0 N–H and O–H groups in total. The second-order valence-corrected chi connectivity index (χ2v) is 5.66. The topological polar surface area (TPSA) is 17.1 Å². The number of hydrogen-bond donors (Lipinski definition) is 0. The van der Waals surface area contributed by atoms with Crippen LogP contribution >= 0.6 is 0 Å². The van der Waals surface area contributed by atoms with Crippen LogP contribution in [0.25, 0.3) is 0 Å². The zero-order valence-corrected chi connectivity index (χ0v) is 11.7. The molecule has 1 aromatic rings. The van der Waals surface area contributed by atoms with Crippen molar-refractivity contribution in [2.75, 3.05) is 0 Å². The van der Waals surface area contributed by atoms with Crippen LogP contribution in [0, 0.1) is 11.7 Å². The molecule has 0 spiro atoms. The molecule has 1 fully saturated rings. The standard InChI is InChI=1S/C16H18F4O/c17-14-10-12(7-8-13(14)16(18,19)20)15(21)9-6-11-4-2-1-3-5-11/h7-8,10-11H,1-6,9H2. The number of ketones is 1. The Bertz CT molecular complexity index is 501. The molecule has 0 amide bonds. The van der Waals surface area contributed by atoms with Gasteiger partial charge in [-0.05, 0) is 24.5 Å². The molecule has 116 valence electrons. The molecule has 1 aliphatic rings. The fourth-order valence-corrected chi connectivity index (χ4v) is 2.87. The average Bonchev–Trinajstić information content (AvgIpc) is 2.44. The first kappa shape index (κ1) is 16.0. The van der Waals surface area contributed by atoms with Crippen LogP contribution in [0.15, 0.2) is 18.2 Å². The van der Waals surface area contributed by atoms with E-state index >= 15 is 0 Å². The van der Waals surface area contributed by atoms with E-state index in [1.54, 1.807) is 0 Å². The monoisotopic (exact) mass is 302 g/mol. The van der Waals surface area contributed by atoms with Crippen molar-refractivity contribution in [3.05, 3.63) is 35.1 Å². The molecule has 0 bridgehead atoms. The molecule has 5 heteroatoms. The van der Waals surface area contributed by atoms with Crippen LogP contribution in [0.1, 0.15) is 60.9 Å². The van der Waals surface area contributed by atoms with Crippen molar-refractivity contribution < 1.29 is 22.4 Å². The first-order valence-electron chi connectivity index (χ1n) is 7.28. The molecule has 1 aliphatic carbocycles. The molecule has 0 radical (unpaired) electrons. The van der Waals surface area contributed by atoms with Crippen molar-refractivity contribution in [2.45, 2.75) is 51.1 Å². The molecule has 0 aromatic heterocycles. The predicted molar refractivity (Wildman–Crippen MR) is 71.5 cm³/mol. The lowest BCUT2D eigenvalue weighted by Gasteiger charge is -2.20. The highest BCUT2D eigenvalue weighted by Gasteiger charge is 2.34. The van der Waals surface area contributed by atoms with Crippen LogP contribution in [-0.2, 0) is 6.18 Å². The van der Waals surface area contributed by atoms with Gasteiger partial charge in [0, 0.05) is 12.0 Å². The number of Topliss-reactive ketones (excluding diaryl/α,β-unsaturated/α-hetero) is 1. The molecule has 0 heterocycles. The summed E-state index contributed by atoms with van der Waals surface area (Å²) in [6.45, 7) is 0. The Morgan fingerprint density at radius 1 is 1.14 bits per heavy atom. The SMILES string of the molecule is O=C(CCC1CCCCC1)c1ccc(C(F)(F)F)c(F)c1. The maximum absolute atomic E-state index is 13.4. The van der Waals surface area contributed by atoms with Gasteiger partial charge in [-0.2, -0.15) is 13.2 Å². The van der Waals surface area contributed by atoms with Crippen LogP contribution in [-0.4, -0.2) is 5.78 Å².